The maximum absolute atomic E-state index is 12.9. The lowest BCUT2D eigenvalue weighted by molar-refractivity contribution is 0.0799. The molecule has 0 saturated heterocycles. The van der Waals surface area contributed by atoms with Crippen molar-refractivity contribution in [1.29, 1.82) is 0 Å². The van der Waals surface area contributed by atoms with Gasteiger partial charge >= 0.3 is 0 Å². The fourth-order valence-electron chi connectivity index (χ4n) is 4.81. The molecule has 5 rings (SSSR count). The monoisotopic (exact) mass is 596 g/mol. The van der Waals surface area contributed by atoms with E-state index in [1.54, 1.807) is 52.1 Å². The number of aliphatic hydroxyl groups is 1. The predicted octanol–water partition coefficient (Wildman–Crippen LogP) is 4.71. The third-order valence-corrected chi connectivity index (χ3v) is 9.43. The lowest BCUT2D eigenvalue weighted by Gasteiger charge is -2.20. The van der Waals surface area contributed by atoms with Gasteiger partial charge in [-0.15, -0.1) is 0 Å². The molecular weight excluding hydrogens is 568 g/mol. The molecular formula is C28H29ClN6O5S. The molecule has 1 aliphatic rings. The Morgan fingerprint density at radius 2 is 1.93 bits per heavy atom. The number of hydrogen-bond acceptors (Lipinski definition) is 10. The molecule has 11 nitrogen and oxygen atoms in total. The van der Waals surface area contributed by atoms with E-state index in [-0.39, 0.29) is 21.7 Å². The summed E-state index contributed by atoms with van der Waals surface area (Å²) < 4.78 is 32.7. The van der Waals surface area contributed by atoms with Gasteiger partial charge in [0, 0.05) is 5.56 Å². The molecule has 0 fully saturated rings. The van der Waals surface area contributed by atoms with Gasteiger partial charge in [0.1, 0.15) is 17.4 Å². The maximum atomic E-state index is 12.9. The fraction of sp³-hybridized carbons (Fsp3) is 0.286. The van der Waals surface area contributed by atoms with Gasteiger partial charge in [0.25, 0.3) is 5.91 Å². The number of para-hydroxylation sites is 1. The second-order valence-corrected chi connectivity index (χ2v) is 12.7. The molecule has 1 aliphatic carbocycles. The van der Waals surface area contributed by atoms with E-state index in [1.807, 2.05) is 12.1 Å². The van der Waals surface area contributed by atoms with Crippen LogP contribution < -0.4 is 15.4 Å². The molecule has 2 aromatic carbocycles. The van der Waals surface area contributed by atoms with Crippen molar-refractivity contribution in [2.75, 3.05) is 24.4 Å². The largest absolute Gasteiger partial charge is 0.495 e. The van der Waals surface area contributed by atoms with Crippen LogP contribution in [0.2, 0.25) is 5.02 Å². The first-order chi connectivity index (χ1) is 19.5. The van der Waals surface area contributed by atoms with Crippen LogP contribution in [0.1, 0.15) is 35.6 Å². The highest BCUT2D eigenvalue weighted by Crippen LogP contribution is 2.42. The van der Waals surface area contributed by atoms with Crippen molar-refractivity contribution in [2.45, 2.75) is 43.8 Å². The van der Waals surface area contributed by atoms with Gasteiger partial charge in [0.15, 0.2) is 15.7 Å². The number of ether oxygens (including phenoxy) is 1. The highest BCUT2D eigenvalue weighted by atomic mass is 35.5. The van der Waals surface area contributed by atoms with Crippen LogP contribution in [0.25, 0.3) is 11.1 Å². The molecule has 2 heterocycles. The first-order valence-electron chi connectivity index (χ1n) is 12.9. The van der Waals surface area contributed by atoms with Gasteiger partial charge in [0.2, 0.25) is 5.95 Å². The van der Waals surface area contributed by atoms with Crippen LogP contribution in [0.15, 0.2) is 47.5 Å². The number of anilines is 4. The second kappa shape index (κ2) is 11.1. The van der Waals surface area contributed by atoms with Crippen LogP contribution in [0.5, 0.6) is 5.75 Å². The molecule has 0 aliphatic heterocycles. The van der Waals surface area contributed by atoms with E-state index in [2.05, 4.69) is 25.7 Å². The summed E-state index contributed by atoms with van der Waals surface area (Å²) in [6.45, 7) is 4.42. The molecule has 0 bridgehead atoms. The highest BCUT2D eigenvalue weighted by Gasteiger charge is 2.27. The number of sulfone groups is 1. The summed E-state index contributed by atoms with van der Waals surface area (Å²) in [5.74, 6) is 0.471. The Morgan fingerprint density at radius 3 is 2.63 bits per heavy atom. The highest BCUT2D eigenvalue weighted by molar-refractivity contribution is 7.92. The number of hydrogen-bond donors (Lipinski definition) is 3. The van der Waals surface area contributed by atoms with Crippen molar-refractivity contribution in [2.24, 2.45) is 0 Å². The SMILES string of the molecule is COc1cc2c(cc1Nc1ncc(Cl)c(Nc3ccccc3S(=O)(=O)C(C)C)n1)CCc1nn(C(=O)CO)c(C)c1-2. The van der Waals surface area contributed by atoms with E-state index in [0.717, 1.165) is 22.4 Å². The van der Waals surface area contributed by atoms with E-state index < -0.39 is 27.6 Å². The number of rotatable bonds is 8. The third-order valence-electron chi connectivity index (χ3n) is 6.94. The molecule has 3 N–H and O–H groups in total. The van der Waals surface area contributed by atoms with Crippen LogP contribution in [-0.2, 0) is 22.7 Å². The average Bonchev–Trinajstić information content (AvgIpc) is 3.30. The molecule has 41 heavy (non-hydrogen) atoms. The number of carbonyl (C=O) groups is 1. The smallest absolute Gasteiger partial charge is 0.272 e. The standard InChI is InChI=1S/C28H29ClN6O5S/c1-15(2)41(38,39)24-8-6-5-7-20(24)31-27-19(29)13-30-28(33-27)32-22-11-17-9-10-21-26(18(17)12-23(22)40-4)16(3)35(34-21)25(37)14-36/h5-8,11-13,15,36H,9-10,14H2,1-4H3,(H2,30,31,32,33). The van der Waals surface area contributed by atoms with Crippen LogP contribution in [0, 0.1) is 6.92 Å². The summed E-state index contributed by atoms with van der Waals surface area (Å²) in [4.78, 5) is 21.1. The molecule has 0 amide bonds. The topological polar surface area (TPSA) is 148 Å². The number of methoxy groups -OCH3 is 1. The minimum Gasteiger partial charge on any atom is -0.495 e. The van der Waals surface area contributed by atoms with E-state index in [4.69, 9.17) is 16.3 Å². The van der Waals surface area contributed by atoms with Crippen molar-refractivity contribution in [3.8, 4) is 16.9 Å². The van der Waals surface area contributed by atoms with Gasteiger partial charge in [-0.1, -0.05) is 23.7 Å². The second-order valence-electron chi connectivity index (χ2n) is 9.81. The van der Waals surface area contributed by atoms with Gasteiger partial charge in [-0.25, -0.2) is 18.1 Å². The molecule has 214 valence electrons. The van der Waals surface area contributed by atoms with Crippen molar-refractivity contribution < 1.29 is 23.1 Å². The average molecular weight is 597 g/mol. The molecule has 4 aromatic rings. The maximum Gasteiger partial charge on any atom is 0.272 e. The zero-order valence-electron chi connectivity index (χ0n) is 22.9. The van der Waals surface area contributed by atoms with Crippen molar-refractivity contribution >= 4 is 50.5 Å². The molecule has 13 heteroatoms. The van der Waals surface area contributed by atoms with Crippen LogP contribution in [0.3, 0.4) is 0 Å². The number of benzene rings is 2. The van der Waals surface area contributed by atoms with Gasteiger partial charge in [-0.05, 0) is 69.0 Å². The number of aromatic nitrogens is 4. The molecule has 0 atom stereocenters. The lowest BCUT2D eigenvalue weighted by atomic mass is 9.88. The Labute approximate surface area is 242 Å². The molecule has 0 radical (unpaired) electrons. The minimum atomic E-state index is -3.56. The summed E-state index contributed by atoms with van der Waals surface area (Å²) in [6.07, 6.45) is 2.73. The Balaban J connectivity index is 1.49. The van der Waals surface area contributed by atoms with Crippen LogP contribution in [-0.4, -0.2) is 58.1 Å². The van der Waals surface area contributed by atoms with Crippen molar-refractivity contribution in [3.63, 3.8) is 0 Å². The Hall–Kier alpha value is -4.00. The predicted molar refractivity (Wildman–Crippen MR) is 156 cm³/mol. The van der Waals surface area contributed by atoms with E-state index in [9.17, 15) is 18.3 Å². The summed E-state index contributed by atoms with van der Waals surface area (Å²) in [5, 5.41) is 19.6. The van der Waals surface area contributed by atoms with Crippen molar-refractivity contribution in [3.05, 3.63) is 64.6 Å². The number of aliphatic hydroxyl groups excluding tert-OH is 1. The first kappa shape index (κ1) is 28.5. The molecule has 0 spiro atoms. The third kappa shape index (κ3) is 5.25. The molecule has 0 unspecified atom stereocenters. The fourth-order valence-corrected chi connectivity index (χ4v) is 6.15. The van der Waals surface area contributed by atoms with Gasteiger partial charge in [-0.3, -0.25) is 4.79 Å². The summed E-state index contributed by atoms with van der Waals surface area (Å²) in [6, 6.07) is 10.4. The normalized spacial score (nSPS) is 12.6. The molecule has 0 saturated carbocycles. The number of halogens is 1. The lowest BCUT2D eigenvalue weighted by Crippen LogP contribution is -2.17. The van der Waals surface area contributed by atoms with Gasteiger partial charge in [-0.2, -0.15) is 10.1 Å². The zero-order chi connectivity index (χ0) is 29.5. The number of aryl methyl sites for hydroxylation is 2. The Morgan fingerprint density at radius 1 is 1.17 bits per heavy atom. The summed E-state index contributed by atoms with van der Waals surface area (Å²) >= 11 is 6.39. The van der Waals surface area contributed by atoms with E-state index in [1.165, 1.54) is 10.9 Å². The van der Waals surface area contributed by atoms with Gasteiger partial charge in [0.05, 0.1) is 46.2 Å². The minimum absolute atomic E-state index is 0.147. The van der Waals surface area contributed by atoms with Crippen molar-refractivity contribution in [1.82, 2.24) is 19.7 Å². The Bertz CT molecular complexity index is 1770. The van der Waals surface area contributed by atoms with E-state index in [0.29, 0.717) is 35.7 Å². The number of carbonyl (C=O) groups excluding carboxylic acids is 1. The van der Waals surface area contributed by atoms with Crippen LogP contribution in [0.4, 0.5) is 23.1 Å². The van der Waals surface area contributed by atoms with Crippen LogP contribution >= 0.6 is 11.6 Å². The summed E-state index contributed by atoms with van der Waals surface area (Å²) in [7, 11) is -2.02. The zero-order valence-corrected chi connectivity index (χ0v) is 24.5. The number of fused-ring (bicyclic) bond motifs is 3. The molecule has 2 aromatic heterocycles. The van der Waals surface area contributed by atoms with E-state index >= 15 is 0 Å². The number of nitrogens with zero attached hydrogens (tertiary/aromatic N) is 4. The Kier molecular flexibility index (Phi) is 7.73. The quantitative estimate of drug-likeness (QED) is 0.261. The summed E-state index contributed by atoms with van der Waals surface area (Å²) in [5.41, 5.74) is 5.16. The van der Waals surface area contributed by atoms with Gasteiger partial charge < -0.3 is 20.5 Å². The first-order valence-corrected chi connectivity index (χ1v) is 14.8. The number of nitrogens with one attached hydrogen (secondary N) is 2.